The molecular formula is C37H56O11. The van der Waals surface area contributed by atoms with Crippen molar-refractivity contribution in [2.75, 3.05) is 6.61 Å². The van der Waals surface area contributed by atoms with E-state index in [0.717, 1.165) is 44.9 Å². The summed E-state index contributed by atoms with van der Waals surface area (Å²) < 4.78 is 37.9. The summed E-state index contributed by atoms with van der Waals surface area (Å²) in [7, 11) is 0. The second-order valence-corrected chi connectivity index (χ2v) is 18.9. The Morgan fingerprint density at radius 1 is 0.833 bits per heavy atom. The smallest absolute Gasteiger partial charge is 0.302 e. The molecular weight excluding hydrogens is 620 g/mol. The van der Waals surface area contributed by atoms with Crippen molar-refractivity contribution in [2.45, 2.75) is 167 Å². The Balaban J connectivity index is 1.03. The third-order valence-electron chi connectivity index (χ3n) is 16.8. The van der Waals surface area contributed by atoms with Crippen LogP contribution in [0.1, 0.15) is 99.8 Å². The van der Waals surface area contributed by atoms with Gasteiger partial charge in [0.1, 0.15) is 36.1 Å². The number of carbonyl (C=O) groups excluding carboxylic acids is 1. The molecule has 4 heterocycles. The van der Waals surface area contributed by atoms with Crippen LogP contribution in [-0.4, -0.2) is 99.7 Å². The van der Waals surface area contributed by atoms with E-state index >= 15 is 0 Å². The van der Waals surface area contributed by atoms with E-state index in [1.165, 1.54) is 0 Å². The number of hydrogen-bond donors (Lipinski definition) is 4. The summed E-state index contributed by atoms with van der Waals surface area (Å²) in [6.45, 7) is 15.1. The van der Waals surface area contributed by atoms with Gasteiger partial charge in [-0.05, 0) is 97.2 Å². The molecule has 19 atom stereocenters. The van der Waals surface area contributed by atoms with E-state index < -0.39 is 42.3 Å². The van der Waals surface area contributed by atoms with Crippen LogP contribution in [0.5, 0.6) is 0 Å². The maximum atomic E-state index is 12.9. The number of aliphatic hydroxyl groups is 4. The maximum Gasteiger partial charge on any atom is 0.302 e. The SMILES string of the molecule is CC(=O)O[C@@H]1C[C@@]23C[C@@]24CC[C@H](O[C@@H]2OC[C@H](O)[C@H](O)C2O)C(C)(C)[C@@H]4CC[C@H]3[C@]2(C)CC3OC4(C[C@@H](C)[C@@H]3[C@@]12C)OC(O)C1(C)OC41. The Labute approximate surface area is 283 Å². The van der Waals surface area contributed by atoms with Crippen molar-refractivity contribution in [1.82, 2.24) is 0 Å². The number of hydrogen-bond acceptors (Lipinski definition) is 11. The van der Waals surface area contributed by atoms with Gasteiger partial charge in [-0.3, -0.25) is 4.79 Å². The van der Waals surface area contributed by atoms with Crippen molar-refractivity contribution in [3.8, 4) is 0 Å². The van der Waals surface area contributed by atoms with Gasteiger partial charge in [0.2, 0.25) is 5.79 Å². The van der Waals surface area contributed by atoms with Gasteiger partial charge in [-0.25, -0.2) is 0 Å². The monoisotopic (exact) mass is 676 g/mol. The third kappa shape index (κ3) is 3.74. The Bertz CT molecular complexity index is 1390. The van der Waals surface area contributed by atoms with Crippen LogP contribution < -0.4 is 0 Å². The normalized spacial score (nSPS) is 63.3. The van der Waals surface area contributed by atoms with E-state index in [-0.39, 0.29) is 75.9 Å². The Morgan fingerprint density at radius 3 is 2.23 bits per heavy atom. The summed E-state index contributed by atoms with van der Waals surface area (Å²) in [5.41, 5.74) is -1.23. The van der Waals surface area contributed by atoms with Crippen molar-refractivity contribution in [1.29, 1.82) is 0 Å². The summed E-state index contributed by atoms with van der Waals surface area (Å²) in [5.74, 6) is 0.0295. The molecule has 9 rings (SSSR count). The Hall–Kier alpha value is -0.890. The minimum absolute atomic E-state index is 0.0420. The average Bonchev–Trinajstić information content (AvgIpc) is 3.84. The van der Waals surface area contributed by atoms with Crippen molar-refractivity contribution >= 4 is 5.97 Å². The molecule has 0 radical (unpaired) electrons. The van der Waals surface area contributed by atoms with Crippen LogP contribution in [0.15, 0.2) is 0 Å². The van der Waals surface area contributed by atoms with Gasteiger partial charge in [-0.2, -0.15) is 0 Å². The fourth-order valence-corrected chi connectivity index (χ4v) is 14.6. The van der Waals surface area contributed by atoms with Crippen LogP contribution in [0.3, 0.4) is 0 Å². The highest BCUT2D eigenvalue weighted by Crippen LogP contribution is 2.89. The van der Waals surface area contributed by atoms with Gasteiger partial charge < -0.3 is 48.8 Å². The molecule has 5 saturated carbocycles. The van der Waals surface area contributed by atoms with Gasteiger partial charge >= 0.3 is 5.97 Å². The second kappa shape index (κ2) is 9.75. The molecule has 0 aromatic heterocycles. The molecule has 4 aliphatic heterocycles. The highest BCUT2D eigenvalue weighted by atomic mass is 16.8. The maximum absolute atomic E-state index is 12.9. The zero-order valence-electron chi connectivity index (χ0n) is 29.5. The van der Waals surface area contributed by atoms with Gasteiger partial charge in [0.15, 0.2) is 12.6 Å². The molecule has 5 aliphatic carbocycles. The number of aliphatic hydroxyl groups excluding tert-OH is 4. The fourth-order valence-electron chi connectivity index (χ4n) is 14.6. The lowest BCUT2D eigenvalue weighted by Crippen LogP contribution is -2.64. The molecule has 9 fully saturated rings. The first kappa shape index (κ1) is 33.0. The van der Waals surface area contributed by atoms with Crippen LogP contribution in [0.4, 0.5) is 0 Å². The van der Waals surface area contributed by atoms with Crippen molar-refractivity contribution < 1.29 is 53.6 Å². The van der Waals surface area contributed by atoms with Crippen molar-refractivity contribution in [3.63, 3.8) is 0 Å². The molecule has 6 unspecified atom stereocenters. The summed E-state index contributed by atoms with van der Waals surface area (Å²) in [4.78, 5) is 12.9. The number of epoxide rings is 1. The number of fused-ring (bicyclic) bond motifs is 6. The van der Waals surface area contributed by atoms with Gasteiger partial charge in [-0.15, -0.1) is 0 Å². The first-order valence-electron chi connectivity index (χ1n) is 18.6. The minimum atomic E-state index is -1.31. The van der Waals surface area contributed by atoms with Crippen LogP contribution in [0, 0.1) is 50.7 Å². The third-order valence-corrected chi connectivity index (χ3v) is 16.8. The van der Waals surface area contributed by atoms with E-state index in [1.807, 2.05) is 6.92 Å². The molecule has 9 aliphatic rings. The van der Waals surface area contributed by atoms with Crippen LogP contribution in [-0.2, 0) is 33.2 Å². The largest absolute Gasteiger partial charge is 0.462 e. The topological polar surface area (TPSA) is 157 Å². The molecule has 3 spiro atoms. The van der Waals surface area contributed by atoms with E-state index in [9.17, 15) is 25.2 Å². The van der Waals surface area contributed by atoms with Gasteiger partial charge in [0, 0.05) is 18.8 Å². The van der Waals surface area contributed by atoms with E-state index in [0.29, 0.717) is 18.3 Å². The molecule has 0 bridgehead atoms. The number of esters is 1. The van der Waals surface area contributed by atoms with E-state index in [2.05, 4.69) is 34.6 Å². The highest BCUT2D eigenvalue weighted by molar-refractivity contribution is 5.66. The molecule has 270 valence electrons. The molecule has 4 N–H and O–H groups in total. The van der Waals surface area contributed by atoms with Crippen LogP contribution in [0.2, 0.25) is 0 Å². The standard InChI is InChI=1S/C37H56O11/c1-17-12-37(29-34(7,47-29)30(42)48-37)46-20-13-32(5)22-9-8-21-31(3,4)23(45-28-27(41)26(40)19(39)15-43-28)10-11-35(21)16-36(22,35)14-24(44-18(2)38)33(32,6)25(17)20/h17,19-30,39-42H,8-16H2,1-7H3/t17-,19+,20?,21+,22+,23+,24-,25+,26+,27?,28+,29?,30?,32+,33-,34?,35-,36+,37?/m1/s1. The van der Waals surface area contributed by atoms with Gasteiger partial charge in [-0.1, -0.05) is 34.6 Å². The first-order chi connectivity index (χ1) is 22.4. The van der Waals surface area contributed by atoms with E-state index in [4.69, 9.17) is 28.4 Å². The lowest BCUT2D eigenvalue weighted by atomic mass is 9.41. The van der Waals surface area contributed by atoms with Crippen molar-refractivity contribution in [3.05, 3.63) is 0 Å². The fraction of sp³-hybridized carbons (Fsp3) is 0.973. The predicted molar refractivity (Wildman–Crippen MR) is 168 cm³/mol. The number of ether oxygens (including phenoxy) is 6. The Morgan fingerprint density at radius 2 is 1.56 bits per heavy atom. The van der Waals surface area contributed by atoms with Crippen LogP contribution >= 0.6 is 0 Å². The average molecular weight is 677 g/mol. The van der Waals surface area contributed by atoms with E-state index in [1.54, 1.807) is 6.92 Å². The summed E-state index contributed by atoms with van der Waals surface area (Å²) in [6, 6.07) is 0. The minimum Gasteiger partial charge on any atom is -0.462 e. The molecule has 0 aromatic carbocycles. The molecule has 0 amide bonds. The predicted octanol–water partition coefficient (Wildman–Crippen LogP) is 3.03. The zero-order valence-corrected chi connectivity index (χ0v) is 29.5. The summed E-state index contributed by atoms with van der Waals surface area (Å²) in [5, 5.41) is 41.7. The zero-order chi connectivity index (χ0) is 34.2. The molecule has 11 heteroatoms. The van der Waals surface area contributed by atoms with Crippen molar-refractivity contribution in [2.24, 2.45) is 50.7 Å². The lowest BCUT2D eigenvalue weighted by Gasteiger charge is -2.65. The quantitative estimate of drug-likeness (QED) is 0.198. The molecule has 4 saturated heterocycles. The number of rotatable bonds is 3. The Kier molecular flexibility index (Phi) is 6.70. The van der Waals surface area contributed by atoms with Gasteiger partial charge in [0.25, 0.3) is 0 Å². The summed E-state index contributed by atoms with van der Waals surface area (Å²) >= 11 is 0. The molecule has 11 nitrogen and oxygen atoms in total. The molecule has 48 heavy (non-hydrogen) atoms. The lowest BCUT2D eigenvalue weighted by molar-refractivity contribution is -0.346. The summed E-state index contributed by atoms with van der Waals surface area (Å²) in [6.07, 6.45) is 0.880. The highest BCUT2D eigenvalue weighted by Gasteiger charge is 2.87. The van der Waals surface area contributed by atoms with Gasteiger partial charge in [0.05, 0.1) is 18.8 Å². The second-order valence-electron chi connectivity index (χ2n) is 18.9. The first-order valence-corrected chi connectivity index (χ1v) is 18.6. The van der Waals surface area contributed by atoms with Crippen LogP contribution in [0.25, 0.3) is 0 Å². The number of carbonyl (C=O) groups is 1. The molecule has 0 aromatic rings.